The molecule has 0 fully saturated rings. The molecule has 0 saturated heterocycles. The van der Waals surface area contributed by atoms with Crippen LogP contribution in [0.2, 0.25) is 0 Å². The van der Waals surface area contributed by atoms with Gasteiger partial charge in [-0.05, 0) is 6.92 Å². The Kier molecular flexibility index (Phi) is 3.42. The van der Waals surface area contributed by atoms with Crippen molar-refractivity contribution in [2.45, 2.75) is 13.5 Å². The fourth-order valence-electron chi connectivity index (χ4n) is 1.67. The molecule has 18 heavy (non-hydrogen) atoms. The van der Waals surface area contributed by atoms with Crippen LogP contribution in [-0.4, -0.2) is 34.1 Å². The summed E-state index contributed by atoms with van der Waals surface area (Å²) in [7, 11) is 1.52. The van der Waals surface area contributed by atoms with Crippen molar-refractivity contribution >= 4 is 11.6 Å². The van der Waals surface area contributed by atoms with Gasteiger partial charge < -0.3 is 14.5 Å². The molecule has 96 valence electrons. The molecule has 2 aromatic heterocycles. The van der Waals surface area contributed by atoms with Crippen LogP contribution in [0.4, 0.5) is 0 Å². The lowest BCUT2D eigenvalue weighted by Crippen LogP contribution is -2.14. The topological polar surface area (TPSA) is 85.7 Å². The minimum Gasteiger partial charge on any atom is -0.461 e. The molecule has 2 heterocycles. The molecule has 0 spiro atoms. The summed E-state index contributed by atoms with van der Waals surface area (Å²) < 4.78 is 11.5. The normalized spacial score (nSPS) is 10.8. The van der Waals surface area contributed by atoms with Gasteiger partial charge in [-0.25, -0.2) is 9.78 Å². The highest BCUT2D eigenvalue weighted by Crippen LogP contribution is 2.09. The van der Waals surface area contributed by atoms with Crippen molar-refractivity contribution in [3.8, 4) is 0 Å². The average Bonchev–Trinajstić information content (AvgIpc) is 2.73. The first kappa shape index (κ1) is 12.3. The van der Waals surface area contributed by atoms with E-state index in [1.807, 2.05) is 0 Å². The van der Waals surface area contributed by atoms with E-state index in [2.05, 4.69) is 9.97 Å². The van der Waals surface area contributed by atoms with Gasteiger partial charge in [-0.3, -0.25) is 9.20 Å². The van der Waals surface area contributed by atoms with Crippen molar-refractivity contribution < 1.29 is 14.3 Å². The standard InChI is InChI=1S/C11H13N3O4/c1-3-18-11(16)9-10-13-8(15)4-7(5-17-2)14(10)6-12-9/h4,6H,3,5H2,1-2H3,(H,13,15). The maximum absolute atomic E-state index is 11.6. The van der Waals surface area contributed by atoms with E-state index in [-0.39, 0.29) is 24.5 Å². The van der Waals surface area contributed by atoms with Crippen LogP contribution >= 0.6 is 0 Å². The van der Waals surface area contributed by atoms with E-state index in [4.69, 9.17) is 9.47 Å². The van der Waals surface area contributed by atoms with Gasteiger partial charge in [0.05, 0.1) is 18.9 Å². The molecule has 0 aliphatic heterocycles. The molecule has 2 rings (SSSR count). The quantitative estimate of drug-likeness (QED) is 0.792. The predicted octanol–water partition coefficient (Wildman–Crippen LogP) is 0.346. The Morgan fingerprint density at radius 2 is 2.33 bits per heavy atom. The van der Waals surface area contributed by atoms with E-state index in [1.165, 1.54) is 19.5 Å². The van der Waals surface area contributed by atoms with Gasteiger partial charge in [0.2, 0.25) is 0 Å². The number of nitrogens with one attached hydrogen (secondary N) is 1. The molecule has 0 bridgehead atoms. The fraction of sp³-hybridized carbons (Fsp3) is 0.364. The van der Waals surface area contributed by atoms with Crippen LogP contribution in [0.25, 0.3) is 5.65 Å². The Morgan fingerprint density at radius 3 is 3.00 bits per heavy atom. The number of H-pyrrole nitrogens is 1. The molecule has 0 aliphatic carbocycles. The second-order valence-electron chi connectivity index (χ2n) is 3.59. The Morgan fingerprint density at radius 1 is 1.56 bits per heavy atom. The first-order chi connectivity index (χ1) is 8.67. The summed E-state index contributed by atoms with van der Waals surface area (Å²) >= 11 is 0. The molecule has 2 aromatic rings. The number of imidazole rings is 1. The summed E-state index contributed by atoms with van der Waals surface area (Å²) in [6, 6.07) is 1.40. The molecule has 1 N–H and O–H groups in total. The molecular formula is C11H13N3O4. The molecule has 0 unspecified atom stereocenters. The maximum atomic E-state index is 11.6. The third-order valence-electron chi connectivity index (χ3n) is 2.38. The number of rotatable bonds is 4. The van der Waals surface area contributed by atoms with Gasteiger partial charge in [0.1, 0.15) is 6.33 Å². The van der Waals surface area contributed by atoms with Crippen molar-refractivity contribution in [3.63, 3.8) is 0 Å². The lowest BCUT2D eigenvalue weighted by molar-refractivity contribution is 0.0522. The number of nitrogens with zero attached hydrogens (tertiary/aromatic N) is 2. The average molecular weight is 251 g/mol. The molecule has 0 atom stereocenters. The Balaban J connectivity index is 2.59. The van der Waals surface area contributed by atoms with Gasteiger partial charge in [-0.15, -0.1) is 0 Å². The van der Waals surface area contributed by atoms with E-state index in [9.17, 15) is 9.59 Å². The number of fused-ring (bicyclic) bond motifs is 1. The van der Waals surface area contributed by atoms with Gasteiger partial charge >= 0.3 is 5.97 Å². The van der Waals surface area contributed by atoms with E-state index >= 15 is 0 Å². The van der Waals surface area contributed by atoms with Crippen LogP contribution in [0.15, 0.2) is 17.2 Å². The summed E-state index contributed by atoms with van der Waals surface area (Å²) in [5, 5.41) is 0. The van der Waals surface area contributed by atoms with Crippen LogP contribution in [-0.2, 0) is 16.1 Å². The number of esters is 1. The van der Waals surface area contributed by atoms with Crippen molar-refractivity contribution in [2.24, 2.45) is 0 Å². The van der Waals surface area contributed by atoms with Crippen LogP contribution in [0, 0.1) is 0 Å². The van der Waals surface area contributed by atoms with Gasteiger partial charge in [0.25, 0.3) is 5.56 Å². The fourth-order valence-corrected chi connectivity index (χ4v) is 1.67. The largest absolute Gasteiger partial charge is 0.461 e. The third-order valence-corrected chi connectivity index (χ3v) is 2.38. The highest BCUT2D eigenvalue weighted by atomic mass is 16.5. The minimum atomic E-state index is -0.565. The smallest absolute Gasteiger partial charge is 0.360 e. The van der Waals surface area contributed by atoms with Gasteiger partial charge in [-0.2, -0.15) is 0 Å². The number of hydrogen-bond donors (Lipinski definition) is 1. The molecule has 0 saturated carbocycles. The van der Waals surface area contributed by atoms with E-state index in [0.29, 0.717) is 11.3 Å². The molecule has 0 amide bonds. The number of methoxy groups -OCH3 is 1. The number of aromatic amines is 1. The molecule has 0 aromatic carbocycles. The van der Waals surface area contributed by atoms with E-state index < -0.39 is 5.97 Å². The molecule has 7 nitrogen and oxygen atoms in total. The Hall–Kier alpha value is -2.15. The van der Waals surface area contributed by atoms with Gasteiger partial charge in [-0.1, -0.05) is 0 Å². The predicted molar refractivity (Wildman–Crippen MR) is 62.5 cm³/mol. The summed E-state index contributed by atoms with van der Waals surface area (Å²) in [4.78, 5) is 29.7. The summed E-state index contributed by atoms with van der Waals surface area (Å²) in [6.07, 6.45) is 1.45. The minimum absolute atomic E-state index is 0.0897. The highest BCUT2D eigenvalue weighted by molar-refractivity contribution is 5.93. The zero-order valence-corrected chi connectivity index (χ0v) is 10.1. The Bertz CT molecular complexity index is 629. The third kappa shape index (κ3) is 2.12. The maximum Gasteiger partial charge on any atom is 0.360 e. The zero-order valence-electron chi connectivity index (χ0n) is 10.1. The lowest BCUT2D eigenvalue weighted by Gasteiger charge is -2.04. The molecule has 0 aliphatic rings. The van der Waals surface area contributed by atoms with Crippen molar-refractivity contribution in [1.29, 1.82) is 0 Å². The highest BCUT2D eigenvalue weighted by Gasteiger charge is 2.17. The Labute approximate surface area is 102 Å². The summed E-state index contributed by atoms with van der Waals surface area (Å²) in [5.41, 5.74) is 0.694. The monoisotopic (exact) mass is 251 g/mol. The van der Waals surface area contributed by atoms with Gasteiger partial charge in [0.15, 0.2) is 11.3 Å². The van der Waals surface area contributed by atoms with Crippen LogP contribution in [0.3, 0.4) is 0 Å². The van der Waals surface area contributed by atoms with Crippen molar-refractivity contribution in [2.75, 3.05) is 13.7 Å². The molecule has 7 heteroatoms. The van der Waals surface area contributed by atoms with Crippen molar-refractivity contribution in [1.82, 2.24) is 14.4 Å². The molecular weight excluding hydrogens is 238 g/mol. The van der Waals surface area contributed by atoms with Gasteiger partial charge in [0, 0.05) is 13.2 Å². The number of carbonyl (C=O) groups is 1. The van der Waals surface area contributed by atoms with E-state index in [0.717, 1.165) is 0 Å². The second kappa shape index (κ2) is 5.01. The lowest BCUT2D eigenvalue weighted by atomic mass is 10.4. The number of carbonyl (C=O) groups excluding carboxylic acids is 1. The summed E-state index contributed by atoms with van der Waals surface area (Å²) in [6.45, 7) is 2.20. The number of hydrogen-bond acceptors (Lipinski definition) is 5. The SMILES string of the molecule is CCOC(=O)c1ncn2c(COC)cc(=O)[nH]c12. The van der Waals surface area contributed by atoms with E-state index in [1.54, 1.807) is 11.3 Å². The van der Waals surface area contributed by atoms with Crippen molar-refractivity contribution in [3.05, 3.63) is 34.1 Å². The molecule has 0 radical (unpaired) electrons. The number of ether oxygens (including phenoxy) is 2. The first-order valence-electron chi connectivity index (χ1n) is 5.42. The van der Waals surface area contributed by atoms with Crippen LogP contribution in [0.1, 0.15) is 23.1 Å². The zero-order chi connectivity index (χ0) is 13.1. The first-order valence-corrected chi connectivity index (χ1v) is 5.42. The van der Waals surface area contributed by atoms with Crippen LogP contribution in [0.5, 0.6) is 0 Å². The van der Waals surface area contributed by atoms with Crippen LogP contribution < -0.4 is 5.56 Å². The second-order valence-corrected chi connectivity index (χ2v) is 3.59. The number of aromatic nitrogens is 3. The summed E-state index contributed by atoms with van der Waals surface area (Å²) in [5.74, 6) is -0.565.